The average Bonchev–Trinajstić information content (AvgIpc) is 2.37. The molecule has 0 unspecified atom stereocenters. The summed E-state index contributed by atoms with van der Waals surface area (Å²) in [6.07, 6.45) is 0. The van der Waals surface area contributed by atoms with Gasteiger partial charge >= 0.3 is 0 Å². The predicted octanol–water partition coefficient (Wildman–Crippen LogP) is 3.99. The van der Waals surface area contributed by atoms with Crippen LogP contribution in [-0.4, -0.2) is 7.11 Å². The SMILES string of the molecule is COc1ccc(Oc2cc(C)cc(C)c2C)c(N)c1. The molecule has 0 spiro atoms. The van der Waals surface area contributed by atoms with Gasteiger partial charge in [-0.15, -0.1) is 0 Å². The Kier molecular flexibility index (Phi) is 3.65. The van der Waals surface area contributed by atoms with Crippen LogP contribution in [0.2, 0.25) is 0 Å². The zero-order chi connectivity index (χ0) is 14.0. The maximum absolute atomic E-state index is 5.97. The van der Waals surface area contributed by atoms with E-state index in [1.54, 1.807) is 13.2 Å². The molecular weight excluding hydrogens is 238 g/mol. The number of hydrogen-bond donors (Lipinski definition) is 1. The van der Waals surface area contributed by atoms with Crippen molar-refractivity contribution < 1.29 is 9.47 Å². The molecular formula is C16H19NO2. The summed E-state index contributed by atoms with van der Waals surface area (Å²) in [5.41, 5.74) is 10.0. The first-order valence-electron chi connectivity index (χ1n) is 6.20. The maximum Gasteiger partial charge on any atom is 0.150 e. The van der Waals surface area contributed by atoms with Crippen LogP contribution in [0.15, 0.2) is 30.3 Å². The largest absolute Gasteiger partial charge is 0.497 e. The predicted molar refractivity (Wildman–Crippen MR) is 78.1 cm³/mol. The van der Waals surface area contributed by atoms with Gasteiger partial charge in [0.1, 0.15) is 11.5 Å². The molecule has 0 aliphatic carbocycles. The van der Waals surface area contributed by atoms with E-state index in [0.29, 0.717) is 11.4 Å². The normalized spacial score (nSPS) is 10.3. The molecule has 2 rings (SSSR count). The smallest absolute Gasteiger partial charge is 0.150 e. The summed E-state index contributed by atoms with van der Waals surface area (Å²) >= 11 is 0. The summed E-state index contributed by atoms with van der Waals surface area (Å²) in [6, 6.07) is 9.58. The van der Waals surface area contributed by atoms with Crippen LogP contribution in [0.25, 0.3) is 0 Å². The third-order valence-electron chi connectivity index (χ3n) is 3.20. The Morgan fingerprint density at radius 2 is 1.68 bits per heavy atom. The molecule has 2 aromatic carbocycles. The van der Waals surface area contributed by atoms with Crippen LogP contribution in [0.5, 0.6) is 17.2 Å². The average molecular weight is 257 g/mol. The van der Waals surface area contributed by atoms with Gasteiger partial charge in [-0.2, -0.15) is 0 Å². The van der Waals surface area contributed by atoms with E-state index in [0.717, 1.165) is 17.1 Å². The summed E-state index contributed by atoms with van der Waals surface area (Å²) < 4.78 is 11.0. The van der Waals surface area contributed by atoms with E-state index in [-0.39, 0.29) is 0 Å². The lowest BCUT2D eigenvalue weighted by molar-refractivity contribution is 0.413. The first-order chi connectivity index (χ1) is 9.01. The van der Waals surface area contributed by atoms with E-state index in [9.17, 15) is 0 Å². The number of nitrogens with two attached hydrogens (primary N) is 1. The molecule has 0 aliphatic heterocycles. The molecule has 0 saturated heterocycles. The summed E-state index contributed by atoms with van der Waals surface area (Å²) in [4.78, 5) is 0. The molecule has 3 nitrogen and oxygen atoms in total. The van der Waals surface area contributed by atoms with Crippen LogP contribution in [-0.2, 0) is 0 Å². The van der Waals surface area contributed by atoms with Gasteiger partial charge in [0.15, 0.2) is 5.75 Å². The lowest BCUT2D eigenvalue weighted by Crippen LogP contribution is -1.96. The topological polar surface area (TPSA) is 44.5 Å². The number of nitrogen functional groups attached to an aromatic ring is 1. The number of hydrogen-bond acceptors (Lipinski definition) is 3. The second-order valence-corrected chi connectivity index (χ2v) is 4.71. The molecule has 0 amide bonds. The van der Waals surface area contributed by atoms with Crippen LogP contribution in [0.3, 0.4) is 0 Å². The minimum Gasteiger partial charge on any atom is -0.497 e. The van der Waals surface area contributed by atoms with E-state index >= 15 is 0 Å². The van der Waals surface area contributed by atoms with Crippen molar-refractivity contribution in [3.63, 3.8) is 0 Å². The molecule has 0 bridgehead atoms. The Hall–Kier alpha value is -2.16. The molecule has 0 aliphatic rings. The Morgan fingerprint density at radius 3 is 2.32 bits per heavy atom. The molecule has 19 heavy (non-hydrogen) atoms. The minimum atomic E-state index is 0.568. The molecule has 0 saturated carbocycles. The maximum atomic E-state index is 5.97. The monoisotopic (exact) mass is 257 g/mol. The molecule has 0 heterocycles. The number of ether oxygens (including phenoxy) is 2. The number of benzene rings is 2. The van der Waals surface area contributed by atoms with Crippen LogP contribution < -0.4 is 15.2 Å². The zero-order valence-electron chi connectivity index (χ0n) is 11.8. The Morgan fingerprint density at radius 1 is 0.947 bits per heavy atom. The number of anilines is 1. The van der Waals surface area contributed by atoms with Crippen molar-refractivity contribution in [3.05, 3.63) is 47.0 Å². The van der Waals surface area contributed by atoms with E-state index in [1.165, 1.54) is 11.1 Å². The minimum absolute atomic E-state index is 0.568. The summed E-state index contributed by atoms with van der Waals surface area (Å²) in [7, 11) is 1.61. The molecule has 0 aromatic heterocycles. The summed E-state index contributed by atoms with van der Waals surface area (Å²) in [5, 5.41) is 0. The summed E-state index contributed by atoms with van der Waals surface area (Å²) in [5.74, 6) is 2.21. The van der Waals surface area contributed by atoms with Crippen molar-refractivity contribution in [3.8, 4) is 17.2 Å². The van der Waals surface area contributed by atoms with Gasteiger partial charge < -0.3 is 15.2 Å². The standard InChI is InChI=1S/C16H19NO2/c1-10-7-11(2)12(3)16(8-10)19-15-6-5-13(18-4)9-14(15)17/h5-9H,17H2,1-4H3. The first-order valence-corrected chi connectivity index (χ1v) is 6.20. The highest BCUT2D eigenvalue weighted by atomic mass is 16.5. The Labute approximate surface area is 114 Å². The molecule has 0 radical (unpaired) electrons. The fourth-order valence-electron chi connectivity index (χ4n) is 1.97. The molecule has 3 heteroatoms. The highest BCUT2D eigenvalue weighted by Gasteiger charge is 2.08. The Bertz CT molecular complexity index is 606. The van der Waals surface area contributed by atoms with Crippen LogP contribution in [0, 0.1) is 20.8 Å². The molecule has 2 aromatic rings. The third-order valence-corrected chi connectivity index (χ3v) is 3.20. The third kappa shape index (κ3) is 2.81. The van der Waals surface area contributed by atoms with Gasteiger partial charge in [-0.3, -0.25) is 0 Å². The first kappa shape index (κ1) is 13.3. The number of aryl methyl sites for hydroxylation is 2. The van der Waals surface area contributed by atoms with Crippen LogP contribution in [0.1, 0.15) is 16.7 Å². The van der Waals surface area contributed by atoms with Gasteiger partial charge in [0.25, 0.3) is 0 Å². The Balaban J connectivity index is 2.36. The van der Waals surface area contributed by atoms with Crippen molar-refractivity contribution in [2.45, 2.75) is 20.8 Å². The van der Waals surface area contributed by atoms with Gasteiger partial charge in [-0.05, 0) is 55.7 Å². The highest BCUT2D eigenvalue weighted by Crippen LogP contribution is 2.33. The van der Waals surface area contributed by atoms with Gasteiger partial charge in [-0.1, -0.05) is 6.07 Å². The van der Waals surface area contributed by atoms with Gasteiger partial charge in [0.2, 0.25) is 0 Å². The van der Waals surface area contributed by atoms with Crippen molar-refractivity contribution in [1.29, 1.82) is 0 Å². The van der Waals surface area contributed by atoms with Crippen molar-refractivity contribution in [2.24, 2.45) is 0 Å². The van der Waals surface area contributed by atoms with Crippen molar-refractivity contribution >= 4 is 5.69 Å². The molecule has 100 valence electrons. The lowest BCUT2D eigenvalue weighted by Gasteiger charge is -2.14. The zero-order valence-corrected chi connectivity index (χ0v) is 11.8. The summed E-state index contributed by atoms with van der Waals surface area (Å²) in [6.45, 7) is 6.17. The van der Waals surface area contributed by atoms with E-state index in [1.807, 2.05) is 25.1 Å². The van der Waals surface area contributed by atoms with Crippen LogP contribution >= 0.6 is 0 Å². The highest BCUT2D eigenvalue weighted by molar-refractivity contribution is 5.58. The van der Waals surface area contributed by atoms with E-state index in [4.69, 9.17) is 15.2 Å². The van der Waals surface area contributed by atoms with E-state index in [2.05, 4.69) is 19.9 Å². The molecule has 0 atom stereocenters. The molecule has 0 fully saturated rings. The van der Waals surface area contributed by atoms with Gasteiger partial charge in [-0.25, -0.2) is 0 Å². The second-order valence-electron chi connectivity index (χ2n) is 4.71. The van der Waals surface area contributed by atoms with Crippen LogP contribution in [0.4, 0.5) is 5.69 Å². The lowest BCUT2D eigenvalue weighted by atomic mass is 10.1. The van der Waals surface area contributed by atoms with E-state index < -0.39 is 0 Å². The quantitative estimate of drug-likeness (QED) is 0.845. The second kappa shape index (κ2) is 5.22. The fourth-order valence-corrected chi connectivity index (χ4v) is 1.97. The van der Waals surface area contributed by atoms with Gasteiger partial charge in [0.05, 0.1) is 12.8 Å². The number of methoxy groups -OCH3 is 1. The van der Waals surface area contributed by atoms with Gasteiger partial charge in [0, 0.05) is 6.07 Å². The number of rotatable bonds is 3. The fraction of sp³-hybridized carbons (Fsp3) is 0.250. The van der Waals surface area contributed by atoms with Crippen molar-refractivity contribution in [2.75, 3.05) is 12.8 Å². The molecule has 2 N–H and O–H groups in total. The van der Waals surface area contributed by atoms with Crippen molar-refractivity contribution in [1.82, 2.24) is 0 Å².